The summed E-state index contributed by atoms with van der Waals surface area (Å²) in [6.45, 7) is 3.90. The number of fused-ring (bicyclic) bond motifs is 1. The van der Waals surface area contributed by atoms with E-state index in [0.29, 0.717) is 0 Å². The highest BCUT2D eigenvalue weighted by Crippen LogP contribution is 2.27. The zero-order valence-electron chi connectivity index (χ0n) is 8.54. The molecule has 0 saturated carbocycles. The summed E-state index contributed by atoms with van der Waals surface area (Å²) in [6.07, 6.45) is 5.32. The van der Waals surface area contributed by atoms with Crippen LogP contribution < -0.4 is 0 Å². The van der Waals surface area contributed by atoms with Crippen molar-refractivity contribution < 1.29 is 0 Å². The first-order valence-corrected chi connectivity index (χ1v) is 4.85. The Balaban J connectivity index is 2.48. The number of allylic oxidation sites excluding steroid dienone is 1. The molecule has 1 aliphatic rings. The predicted molar refractivity (Wildman–Crippen MR) is 57.8 cm³/mol. The van der Waals surface area contributed by atoms with Crippen LogP contribution >= 0.6 is 0 Å². The van der Waals surface area contributed by atoms with Crippen LogP contribution in [0.2, 0.25) is 0 Å². The van der Waals surface area contributed by atoms with Crippen LogP contribution in [0.1, 0.15) is 30.5 Å². The molecule has 0 radical (unpaired) electrons. The minimum Gasteiger partial charge on any atom is -0.197 e. The lowest BCUT2D eigenvalue weighted by molar-refractivity contribution is 0.686. The van der Waals surface area contributed by atoms with Crippen LogP contribution in [-0.4, -0.2) is 0 Å². The third-order valence-electron chi connectivity index (χ3n) is 2.78. The number of hydrogen-bond acceptors (Lipinski definition) is 1. The van der Waals surface area contributed by atoms with Gasteiger partial charge in [0, 0.05) is 0 Å². The van der Waals surface area contributed by atoms with Gasteiger partial charge in [0.05, 0.1) is 11.5 Å². The molecule has 70 valence electrons. The Morgan fingerprint density at radius 2 is 2.14 bits per heavy atom. The highest BCUT2D eigenvalue weighted by Gasteiger charge is 2.20. The number of hydrogen-bond donors (Lipinski definition) is 0. The lowest BCUT2D eigenvalue weighted by atomic mass is 9.85. The van der Waals surface area contributed by atoms with Crippen molar-refractivity contribution in [3.8, 4) is 6.07 Å². The number of rotatable bonds is 1. The van der Waals surface area contributed by atoms with Gasteiger partial charge < -0.3 is 0 Å². The summed E-state index contributed by atoms with van der Waals surface area (Å²) in [4.78, 5) is 0. The molecular weight excluding hydrogens is 170 g/mol. The maximum absolute atomic E-state index is 9.03. The lowest BCUT2D eigenvalue weighted by Gasteiger charge is -2.16. The molecular formula is C13H13N. The molecule has 0 N–H and O–H groups in total. The Hall–Kier alpha value is -1.55. The van der Waals surface area contributed by atoms with Gasteiger partial charge in [-0.1, -0.05) is 24.3 Å². The summed E-state index contributed by atoms with van der Waals surface area (Å²) in [5, 5.41) is 9.03. The van der Waals surface area contributed by atoms with Crippen molar-refractivity contribution >= 4 is 6.08 Å². The fourth-order valence-electron chi connectivity index (χ4n) is 1.70. The summed E-state index contributed by atoms with van der Waals surface area (Å²) in [7, 11) is 0. The van der Waals surface area contributed by atoms with Crippen molar-refractivity contribution in [1.82, 2.24) is 0 Å². The van der Waals surface area contributed by atoms with E-state index in [1.165, 1.54) is 11.1 Å². The fourth-order valence-corrected chi connectivity index (χ4v) is 1.70. The van der Waals surface area contributed by atoms with E-state index in [4.69, 9.17) is 5.26 Å². The molecule has 1 aromatic rings. The van der Waals surface area contributed by atoms with E-state index in [2.05, 4.69) is 36.4 Å². The molecule has 0 aromatic heterocycles. The second-order valence-electron chi connectivity index (χ2n) is 4.26. The molecule has 0 amide bonds. The van der Waals surface area contributed by atoms with Gasteiger partial charge in [0.15, 0.2) is 0 Å². The van der Waals surface area contributed by atoms with Gasteiger partial charge in [0.25, 0.3) is 0 Å². The Kier molecular flexibility index (Phi) is 1.93. The Morgan fingerprint density at radius 3 is 2.86 bits per heavy atom. The van der Waals surface area contributed by atoms with E-state index in [-0.39, 0.29) is 5.41 Å². The molecule has 0 atom stereocenters. The Bertz CT molecular complexity index is 433. The first-order chi connectivity index (χ1) is 6.63. The second kappa shape index (κ2) is 2.99. The highest BCUT2D eigenvalue weighted by molar-refractivity contribution is 5.61. The molecule has 0 saturated heterocycles. The summed E-state index contributed by atoms with van der Waals surface area (Å²) < 4.78 is 0. The number of nitriles is 1. The average Bonchev–Trinajstić information content (AvgIpc) is 2.64. The first-order valence-electron chi connectivity index (χ1n) is 4.85. The molecule has 1 aliphatic carbocycles. The first kappa shape index (κ1) is 9.02. The van der Waals surface area contributed by atoms with Crippen LogP contribution in [0.25, 0.3) is 6.08 Å². The molecule has 2 rings (SSSR count). The SMILES string of the molecule is CC(C)(C#N)c1ccc2c(c1)C=CC2. The second-order valence-corrected chi connectivity index (χ2v) is 4.26. The zero-order valence-corrected chi connectivity index (χ0v) is 8.54. The van der Waals surface area contributed by atoms with Crippen molar-refractivity contribution in [1.29, 1.82) is 5.26 Å². The van der Waals surface area contributed by atoms with Crippen LogP contribution in [0.5, 0.6) is 0 Å². The summed E-state index contributed by atoms with van der Waals surface area (Å²) in [5.74, 6) is 0. The van der Waals surface area contributed by atoms with E-state index in [1.807, 2.05) is 13.8 Å². The van der Waals surface area contributed by atoms with Crippen LogP contribution in [0, 0.1) is 11.3 Å². The van der Waals surface area contributed by atoms with Gasteiger partial charge in [-0.25, -0.2) is 0 Å². The third-order valence-corrected chi connectivity index (χ3v) is 2.78. The topological polar surface area (TPSA) is 23.8 Å². The summed E-state index contributed by atoms with van der Waals surface area (Å²) >= 11 is 0. The predicted octanol–water partition coefficient (Wildman–Crippen LogP) is 3.06. The van der Waals surface area contributed by atoms with Gasteiger partial charge >= 0.3 is 0 Å². The standard InChI is InChI=1S/C13H13N/c1-13(2,9-14)12-7-6-10-4-3-5-11(10)8-12/h3,5-8H,4H2,1-2H3. The largest absolute Gasteiger partial charge is 0.197 e. The monoisotopic (exact) mass is 183 g/mol. The van der Waals surface area contributed by atoms with Gasteiger partial charge in [0.1, 0.15) is 0 Å². The minimum absolute atomic E-state index is 0.383. The minimum atomic E-state index is -0.383. The molecule has 0 bridgehead atoms. The molecule has 0 spiro atoms. The van der Waals surface area contributed by atoms with Crippen molar-refractivity contribution in [3.63, 3.8) is 0 Å². The quantitative estimate of drug-likeness (QED) is 0.656. The van der Waals surface area contributed by atoms with E-state index in [1.54, 1.807) is 0 Å². The van der Waals surface area contributed by atoms with Crippen molar-refractivity contribution in [2.24, 2.45) is 0 Å². The third kappa shape index (κ3) is 1.33. The summed E-state index contributed by atoms with van der Waals surface area (Å²) in [5.41, 5.74) is 3.35. The van der Waals surface area contributed by atoms with E-state index in [9.17, 15) is 0 Å². The molecule has 1 nitrogen and oxygen atoms in total. The zero-order chi connectivity index (χ0) is 10.2. The fraction of sp³-hybridized carbons (Fsp3) is 0.308. The van der Waals surface area contributed by atoms with E-state index in [0.717, 1.165) is 12.0 Å². The summed E-state index contributed by atoms with van der Waals surface area (Å²) in [6, 6.07) is 8.64. The number of nitrogens with zero attached hydrogens (tertiary/aromatic N) is 1. The Labute approximate surface area is 84.7 Å². The van der Waals surface area contributed by atoms with Gasteiger partial charge in [-0.2, -0.15) is 5.26 Å². The van der Waals surface area contributed by atoms with E-state index < -0.39 is 0 Å². The molecule has 0 fully saturated rings. The van der Waals surface area contributed by atoms with Gasteiger partial charge in [-0.3, -0.25) is 0 Å². The van der Waals surface area contributed by atoms with Gasteiger partial charge in [-0.15, -0.1) is 0 Å². The van der Waals surface area contributed by atoms with Crippen LogP contribution in [0.4, 0.5) is 0 Å². The molecule has 0 unspecified atom stereocenters. The normalized spacial score (nSPS) is 13.8. The maximum atomic E-state index is 9.03. The van der Waals surface area contributed by atoms with E-state index >= 15 is 0 Å². The van der Waals surface area contributed by atoms with Crippen molar-refractivity contribution in [2.75, 3.05) is 0 Å². The van der Waals surface area contributed by atoms with Crippen LogP contribution in [-0.2, 0) is 11.8 Å². The molecule has 1 aromatic carbocycles. The molecule has 1 heteroatoms. The van der Waals surface area contributed by atoms with Crippen molar-refractivity contribution in [3.05, 3.63) is 41.0 Å². The van der Waals surface area contributed by atoms with Crippen LogP contribution in [0.15, 0.2) is 24.3 Å². The highest BCUT2D eigenvalue weighted by atomic mass is 14.3. The maximum Gasteiger partial charge on any atom is 0.0766 e. The van der Waals surface area contributed by atoms with Crippen molar-refractivity contribution in [2.45, 2.75) is 25.7 Å². The smallest absolute Gasteiger partial charge is 0.0766 e. The number of benzene rings is 1. The average molecular weight is 183 g/mol. The lowest BCUT2D eigenvalue weighted by Crippen LogP contribution is -2.13. The van der Waals surface area contributed by atoms with Gasteiger partial charge in [0.2, 0.25) is 0 Å². The van der Waals surface area contributed by atoms with Gasteiger partial charge in [-0.05, 0) is 43.0 Å². The molecule has 14 heavy (non-hydrogen) atoms. The Morgan fingerprint density at radius 1 is 1.36 bits per heavy atom. The molecule has 0 heterocycles. The molecule has 0 aliphatic heterocycles. The van der Waals surface area contributed by atoms with Crippen LogP contribution in [0.3, 0.4) is 0 Å².